The van der Waals surface area contributed by atoms with Crippen LogP contribution in [0.25, 0.3) is 0 Å². The fraction of sp³-hybridized carbons (Fsp3) is 0.556. The van der Waals surface area contributed by atoms with E-state index in [1.807, 2.05) is 6.92 Å². The molecule has 6 nitrogen and oxygen atoms in total. The summed E-state index contributed by atoms with van der Waals surface area (Å²) in [5.74, 6) is -0.239. The third-order valence-corrected chi connectivity index (χ3v) is 2.13. The molecule has 6 heteroatoms. The van der Waals surface area contributed by atoms with E-state index >= 15 is 0 Å². The normalized spacial score (nSPS) is 12.5. The molecule has 1 rings (SSSR count). The number of hydrogen-bond donors (Lipinski definition) is 2. The number of hydrogen-bond acceptors (Lipinski definition) is 4. The number of anilines is 1. The van der Waals surface area contributed by atoms with E-state index in [0.717, 1.165) is 0 Å². The van der Waals surface area contributed by atoms with Crippen molar-refractivity contribution in [1.29, 1.82) is 0 Å². The molecule has 0 saturated heterocycles. The molecule has 0 spiro atoms. The van der Waals surface area contributed by atoms with Crippen molar-refractivity contribution < 1.29 is 9.53 Å². The molecule has 0 bridgehead atoms. The fourth-order valence-corrected chi connectivity index (χ4v) is 1.14. The highest BCUT2D eigenvalue weighted by Crippen LogP contribution is 2.08. The smallest absolute Gasteiger partial charge is 0.271 e. The minimum atomic E-state index is -0.239. The maximum absolute atomic E-state index is 11.7. The summed E-state index contributed by atoms with van der Waals surface area (Å²) in [6.45, 7) is 2.31. The van der Waals surface area contributed by atoms with Crippen LogP contribution in [0.2, 0.25) is 0 Å². The predicted molar refractivity (Wildman–Crippen MR) is 56.4 cm³/mol. The molecule has 0 radical (unpaired) electrons. The average Bonchev–Trinajstić information content (AvgIpc) is 2.54. The molecule has 0 aliphatic rings. The Morgan fingerprint density at radius 1 is 1.80 bits per heavy atom. The molecule has 84 valence electrons. The first-order valence-corrected chi connectivity index (χ1v) is 4.64. The van der Waals surface area contributed by atoms with Crippen molar-refractivity contribution in [2.75, 3.05) is 19.4 Å². The molecule has 0 saturated carbocycles. The molecule has 1 unspecified atom stereocenters. The van der Waals surface area contributed by atoms with Crippen molar-refractivity contribution in [3.8, 4) is 0 Å². The Morgan fingerprint density at radius 3 is 2.93 bits per heavy atom. The summed E-state index contributed by atoms with van der Waals surface area (Å²) in [5, 5.41) is 6.60. The average molecular weight is 212 g/mol. The van der Waals surface area contributed by atoms with Gasteiger partial charge in [-0.25, -0.2) is 0 Å². The number of nitrogens with one attached hydrogen (secondary N) is 1. The van der Waals surface area contributed by atoms with E-state index in [2.05, 4.69) is 10.4 Å². The minimum absolute atomic E-state index is 0.0246. The van der Waals surface area contributed by atoms with E-state index in [4.69, 9.17) is 10.5 Å². The molecular formula is C9H16N4O2. The summed E-state index contributed by atoms with van der Waals surface area (Å²) in [7, 11) is 3.26. The topological polar surface area (TPSA) is 82.2 Å². The molecule has 15 heavy (non-hydrogen) atoms. The summed E-state index contributed by atoms with van der Waals surface area (Å²) >= 11 is 0. The van der Waals surface area contributed by atoms with Crippen molar-refractivity contribution >= 4 is 11.6 Å². The summed E-state index contributed by atoms with van der Waals surface area (Å²) in [5.41, 5.74) is 6.35. The second-order valence-corrected chi connectivity index (χ2v) is 3.33. The molecule has 1 aromatic heterocycles. The van der Waals surface area contributed by atoms with Crippen LogP contribution >= 0.6 is 0 Å². The highest BCUT2D eigenvalue weighted by Gasteiger charge is 2.14. The Balaban J connectivity index is 2.62. The molecule has 1 aromatic rings. The first-order chi connectivity index (χ1) is 7.06. The fourth-order valence-electron chi connectivity index (χ4n) is 1.14. The van der Waals surface area contributed by atoms with Gasteiger partial charge in [0.25, 0.3) is 5.91 Å². The standard InChI is InChI=1S/C9H16N4O2/c1-6(15-3)4-11-9(14)8-7(10)5-12-13(8)2/h5-6H,4,10H2,1-3H3,(H,11,14). The summed E-state index contributed by atoms with van der Waals surface area (Å²) < 4.78 is 6.46. The van der Waals surface area contributed by atoms with Crippen LogP contribution in [-0.4, -0.2) is 35.4 Å². The number of nitrogen functional groups attached to an aromatic ring is 1. The molecule has 0 aliphatic carbocycles. The van der Waals surface area contributed by atoms with Gasteiger partial charge in [0, 0.05) is 20.7 Å². The first kappa shape index (κ1) is 11.5. The Morgan fingerprint density at radius 2 is 2.47 bits per heavy atom. The van der Waals surface area contributed by atoms with Gasteiger partial charge in [-0.15, -0.1) is 0 Å². The molecule has 0 aromatic carbocycles. The lowest BCUT2D eigenvalue weighted by molar-refractivity contribution is 0.0863. The van der Waals surface area contributed by atoms with Crippen LogP contribution in [0.1, 0.15) is 17.4 Å². The van der Waals surface area contributed by atoms with Crippen LogP contribution in [0.5, 0.6) is 0 Å². The number of nitrogens with two attached hydrogens (primary N) is 1. The van der Waals surface area contributed by atoms with Gasteiger partial charge in [0.05, 0.1) is 18.0 Å². The Hall–Kier alpha value is -1.56. The lowest BCUT2D eigenvalue weighted by atomic mass is 10.3. The van der Waals surface area contributed by atoms with E-state index in [1.54, 1.807) is 14.2 Å². The van der Waals surface area contributed by atoms with Crippen molar-refractivity contribution in [3.63, 3.8) is 0 Å². The number of methoxy groups -OCH3 is 1. The number of nitrogens with zero attached hydrogens (tertiary/aromatic N) is 2. The van der Waals surface area contributed by atoms with E-state index in [0.29, 0.717) is 17.9 Å². The second kappa shape index (κ2) is 4.79. The zero-order valence-electron chi connectivity index (χ0n) is 9.15. The zero-order chi connectivity index (χ0) is 11.4. The monoisotopic (exact) mass is 212 g/mol. The third-order valence-electron chi connectivity index (χ3n) is 2.13. The maximum atomic E-state index is 11.7. The number of aromatic nitrogens is 2. The minimum Gasteiger partial charge on any atom is -0.396 e. The van der Waals surface area contributed by atoms with Gasteiger partial charge in [0.1, 0.15) is 5.69 Å². The number of ether oxygens (including phenoxy) is 1. The van der Waals surface area contributed by atoms with Crippen LogP contribution in [0.4, 0.5) is 5.69 Å². The Labute approximate surface area is 88.4 Å². The molecule has 1 amide bonds. The van der Waals surface area contributed by atoms with Gasteiger partial charge in [0.15, 0.2) is 0 Å². The molecule has 1 atom stereocenters. The second-order valence-electron chi connectivity index (χ2n) is 3.33. The van der Waals surface area contributed by atoms with Gasteiger partial charge in [-0.3, -0.25) is 9.48 Å². The molecule has 0 aliphatic heterocycles. The van der Waals surface area contributed by atoms with Crippen LogP contribution < -0.4 is 11.1 Å². The number of carbonyl (C=O) groups excluding carboxylic acids is 1. The maximum Gasteiger partial charge on any atom is 0.271 e. The highest BCUT2D eigenvalue weighted by molar-refractivity contribution is 5.97. The van der Waals surface area contributed by atoms with E-state index in [1.165, 1.54) is 10.9 Å². The van der Waals surface area contributed by atoms with Crippen molar-refractivity contribution in [2.45, 2.75) is 13.0 Å². The van der Waals surface area contributed by atoms with Crippen molar-refractivity contribution in [1.82, 2.24) is 15.1 Å². The van der Waals surface area contributed by atoms with Gasteiger partial charge < -0.3 is 15.8 Å². The van der Waals surface area contributed by atoms with E-state index in [-0.39, 0.29) is 12.0 Å². The van der Waals surface area contributed by atoms with Gasteiger partial charge >= 0.3 is 0 Å². The molecule has 3 N–H and O–H groups in total. The lowest BCUT2D eigenvalue weighted by Gasteiger charge is -2.11. The number of aryl methyl sites for hydroxylation is 1. The summed E-state index contributed by atoms with van der Waals surface area (Å²) in [6.07, 6.45) is 1.43. The largest absolute Gasteiger partial charge is 0.396 e. The molecule has 1 heterocycles. The summed E-state index contributed by atoms with van der Waals surface area (Å²) in [6, 6.07) is 0. The quantitative estimate of drug-likeness (QED) is 0.722. The van der Waals surface area contributed by atoms with Gasteiger partial charge in [-0.2, -0.15) is 5.10 Å². The lowest BCUT2D eigenvalue weighted by Crippen LogP contribution is -2.33. The van der Waals surface area contributed by atoms with Gasteiger partial charge in [0.2, 0.25) is 0 Å². The molecule has 0 fully saturated rings. The first-order valence-electron chi connectivity index (χ1n) is 4.64. The van der Waals surface area contributed by atoms with E-state index < -0.39 is 0 Å². The van der Waals surface area contributed by atoms with Crippen molar-refractivity contribution in [2.24, 2.45) is 7.05 Å². The Bertz CT molecular complexity index is 328. The van der Waals surface area contributed by atoms with Crippen molar-refractivity contribution in [3.05, 3.63) is 11.9 Å². The van der Waals surface area contributed by atoms with Crippen LogP contribution in [-0.2, 0) is 11.8 Å². The zero-order valence-corrected chi connectivity index (χ0v) is 9.15. The highest BCUT2D eigenvalue weighted by atomic mass is 16.5. The Kier molecular flexibility index (Phi) is 3.68. The van der Waals surface area contributed by atoms with Gasteiger partial charge in [-0.05, 0) is 6.92 Å². The number of rotatable bonds is 4. The van der Waals surface area contributed by atoms with E-state index in [9.17, 15) is 4.79 Å². The van der Waals surface area contributed by atoms with Crippen LogP contribution in [0, 0.1) is 0 Å². The molecular weight excluding hydrogens is 196 g/mol. The summed E-state index contributed by atoms with van der Waals surface area (Å²) in [4.78, 5) is 11.7. The van der Waals surface area contributed by atoms with Gasteiger partial charge in [-0.1, -0.05) is 0 Å². The number of amides is 1. The SMILES string of the molecule is COC(C)CNC(=O)c1c(N)cnn1C. The van der Waals surface area contributed by atoms with Crippen LogP contribution in [0.3, 0.4) is 0 Å². The van der Waals surface area contributed by atoms with Crippen LogP contribution in [0.15, 0.2) is 6.20 Å². The third kappa shape index (κ3) is 2.69. The number of carbonyl (C=O) groups is 1. The predicted octanol–water partition coefficient (Wildman–Crippen LogP) is -0.233.